The fraction of sp³-hybridized carbons (Fsp3) is 0.424. The number of nitrogens with zero attached hydrogens (tertiary/aromatic N) is 1. The second-order valence-corrected chi connectivity index (χ2v) is 12.7. The summed E-state index contributed by atoms with van der Waals surface area (Å²) in [5.74, 6) is -0.0205. The minimum absolute atomic E-state index is 0.331. The Labute approximate surface area is 248 Å². The molecule has 2 N–H and O–H groups in total. The molecule has 0 aromatic heterocycles. The fourth-order valence-electron chi connectivity index (χ4n) is 4.59. The van der Waals surface area contributed by atoms with Crippen LogP contribution in [0.15, 0.2) is 72.8 Å². The van der Waals surface area contributed by atoms with E-state index in [4.69, 9.17) is 4.74 Å². The van der Waals surface area contributed by atoms with Gasteiger partial charge in [0.1, 0.15) is 17.7 Å². The number of ether oxygens (including phenoxy) is 1. The molecule has 220 valence electrons. The summed E-state index contributed by atoms with van der Waals surface area (Å²) in [7, 11) is 0. The lowest BCUT2D eigenvalue weighted by atomic mass is 9.91. The molecular weight excluding hydrogens is 534 g/mol. The summed E-state index contributed by atoms with van der Waals surface area (Å²) >= 11 is 1.58. The van der Waals surface area contributed by atoms with Crippen molar-refractivity contribution in [2.24, 2.45) is 0 Å². The Hall–Kier alpha value is -3.52. The predicted molar refractivity (Wildman–Crippen MR) is 169 cm³/mol. The first kappa shape index (κ1) is 32.0. The highest BCUT2D eigenvalue weighted by Crippen LogP contribution is 2.33. The van der Waals surface area contributed by atoms with E-state index < -0.39 is 29.3 Å². The third kappa shape index (κ3) is 8.73. The van der Waals surface area contributed by atoms with E-state index in [0.717, 1.165) is 10.8 Å². The topological polar surface area (TPSA) is 87.7 Å². The van der Waals surface area contributed by atoms with E-state index in [1.165, 1.54) is 0 Å². The van der Waals surface area contributed by atoms with Gasteiger partial charge >= 0.3 is 6.09 Å². The standard InChI is InChI=1S/C33H43N3O4S/c1-8-33(5,6)36(30(38)27(20-21-41-7)35-31(39)40-32(2,3)4)28(24-15-10-9-11-16-24)29(37)34-26-19-18-23-14-12-13-17-25(23)22-26/h9-19,22,27-28H,8,20-21H2,1-7H3,(H,34,37)(H,35,39). The maximum Gasteiger partial charge on any atom is 0.408 e. The molecule has 0 radical (unpaired) electrons. The van der Waals surface area contributed by atoms with Crippen LogP contribution in [0.25, 0.3) is 10.8 Å². The minimum atomic E-state index is -0.942. The van der Waals surface area contributed by atoms with E-state index >= 15 is 0 Å². The average Bonchev–Trinajstić information content (AvgIpc) is 2.92. The third-order valence-electron chi connectivity index (χ3n) is 6.99. The number of nitrogens with one attached hydrogen (secondary N) is 2. The van der Waals surface area contributed by atoms with Gasteiger partial charge in [0.25, 0.3) is 5.91 Å². The lowest BCUT2D eigenvalue weighted by Crippen LogP contribution is -2.59. The Morgan fingerprint density at radius 2 is 1.54 bits per heavy atom. The molecule has 0 aliphatic heterocycles. The highest BCUT2D eigenvalue weighted by molar-refractivity contribution is 7.98. The number of benzene rings is 3. The number of amides is 3. The van der Waals surface area contributed by atoms with Gasteiger partial charge in [-0.1, -0.05) is 67.6 Å². The lowest BCUT2D eigenvalue weighted by molar-refractivity contribution is -0.147. The SMILES string of the molecule is CCC(C)(C)N(C(=O)C(CCSC)NC(=O)OC(C)(C)C)C(C(=O)Nc1ccc2ccccc2c1)c1ccccc1. The number of alkyl carbamates (subject to hydrolysis) is 1. The van der Waals surface area contributed by atoms with Crippen LogP contribution in [0.1, 0.15) is 66.0 Å². The molecule has 0 heterocycles. The summed E-state index contributed by atoms with van der Waals surface area (Å²) in [4.78, 5) is 43.1. The number of thioether (sulfide) groups is 1. The number of carbonyl (C=O) groups excluding carboxylic acids is 3. The Morgan fingerprint density at radius 3 is 2.15 bits per heavy atom. The normalized spacial score (nSPS) is 13.2. The van der Waals surface area contributed by atoms with Gasteiger partial charge in [-0.3, -0.25) is 9.59 Å². The third-order valence-corrected chi connectivity index (χ3v) is 7.64. The van der Waals surface area contributed by atoms with Gasteiger partial charge in [-0.15, -0.1) is 0 Å². The van der Waals surface area contributed by atoms with Crippen LogP contribution in [0.3, 0.4) is 0 Å². The molecule has 0 spiro atoms. The highest BCUT2D eigenvalue weighted by atomic mass is 32.2. The van der Waals surface area contributed by atoms with E-state index in [2.05, 4.69) is 10.6 Å². The van der Waals surface area contributed by atoms with Crippen molar-refractivity contribution in [3.8, 4) is 0 Å². The summed E-state index contributed by atoms with van der Waals surface area (Å²) in [6, 6.07) is 21.2. The zero-order chi connectivity index (χ0) is 30.2. The Morgan fingerprint density at radius 1 is 0.902 bits per heavy atom. The van der Waals surface area contributed by atoms with Crippen LogP contribution in [-0.2, 0) is 14.3 Å². The molecule has 2 unspecified atom stereocenters. The van der Waals surface area contributed by atoms with Gasteiger partial charge in [0, 0.05) is 11.2 Å². The molecule has 3 amide bonds. The van der Waals surface area contributed by atoms with E-state index in [9.17, 15) is 14.4 Å². The van der Waals surface area contributed by atoms with Crippen LogP contribution < -0.4 is 10.6 Å². The first-order valence-corrected chi connectivity index (χ1v) is 15.4. The summed E-state index contributed by atoms with van der Waals surface area (Å²) in [5.41, 5.74) is -0.110. The molecule has 3 rings (SSSR count). The zero-order valence-electron chi connectivity index (χ0n) is 25.2. The molecule has 7 nitrogen and oxygen atoms in total. The Balaban J connectivity index is 2.05. The van der Waals surface area contributed by atoms with Gasteiger partial charge in [-0.05, 0) is 87.9 Å². The Kier molecular flexibility index (Phi) is 10.8. The second-order valence-electron chi connectivity index (χ2n) is 11.7. The number of rotatable bonds is 11. The van der Waals surface area contributed by atoms with E-state index in [-0.39, 0.29) is 11.8 Å². The molecule has 3 aromatic rings. The van der Waals surface area contributed by atoms with E-state index in [0.29, 0.717) is 29.8 Å². The number of hydrogen-bond donors (Lipinski definition) is 2. The van der Waals surface area contributed by atoms with Gasteiger partial charge < -0.3 is 20.3 Å². The van der Waals surface area contributed by atoms with Crippen LogP contribution in [0.2, 0.25) is 0 Å². The second kappa shape index (κ2) is 13.9. The molecule has 0 aliphatic rings. The van der Waals surface area contributed by atoms with Gasteiger partial charge in [-0.25, -0.2) is 4.79 Å². The maximum absolute atomic E-state index is 14.5. The molecule has 41 heavy (non-hydrogen) atoms. The van der Waals surface area contributed by atoms with Crippen molar-refractivity contribution in [3.05, 3.63) is 78.4 Å². The number of anilines is 1. The van der Waals surface area contributed by atoms with Gasteiger partial charge in [-0.2, -0.15) is 11.8 Å². The number of fused-ring (bicyclic) bond motifs is 1. The monoisotopic (exact) mass is 577 g/mol. The van der Waals surface area contributed by atoms with E-state index in [1.54, 1.807) is 37.4 Å². The Bertz CT molecular complexity index is 1340. The largest absolute Gasteiger partial charge is 0.444 e. The van der Waals surface area contributed by atoms with Crippen LogP contribution in [-0.4, -0.2) is 52.0 Å². The van der Waals surface area contributed by atoms with Crippen LogP contribution in [0, 0.1) is 0 Å². The van der Waals surface area contributed by atoms with Crippen molar-refractivity contribution < 1.29 is 19.1 Å². The predicted octanol–water partition coefficient (Wildman–Crippen LogP) is 7.18. The quantitative estimate of drug-likeness (QED) is 0.252. The first-order valence-electron chi connectivity index (χ1n) is 14.0. The van der Waals surface area contributed by atoms with Crippen molar-refractivity contribution in [1.82, 2.24) is 10.2 Å². The molecule has 0 fully saturated rings. The highest BCUT2D eigenvalue weighted by Gasteiger charge is 2.43. The fourth-order valence-corrected chi connectivity index (χ4v) is 5.06. The summed E-state index contributed by atoms with van der Waals surface area (Å²) in [6.07, 6.45) is 2.27. The molecule has 8 heteroatoms. The smallest absolute Gasteiger partial charge is 0.408 e. The van der Waals surface area contributed by atoms with Crippen LogP contribution in [0.4, 0.5) is 10.5 Å². The lowest BCUT2D eigenvalue weighted by Gasteiger charge is -2.44. The molecule has 0 saturated heterocycles. The van der Waals surface area contributed by atoms with Crippen molar-refractivity contribution in [1.29, 1.82) is 0 Å². The van der Waals surface area contributed by atoms with E-state index in [1.807, 2.05) is 99.8 Å². The molecule has 2 atom stereocenters. The summed E-state index contributed by atoms with van der Waals surface area (Å²) in [5, 5.41) is 7.94. The van der Waals surface area contributed by atoms with Crippen molar-refractivity contribution in [2.45, 2.75) is 77.6 Å². The molecule has 0 saturated carbocycles. The number of hydrogen-bond acceptors (Lipinski definition) is 5. The van der Waals surface area contributed by atoms with Gasteiger partial charge in [0.2, 0.25) is 5.91 Å². The zero-order valence-corrected chi connectivity index (χ0v) is 26.0. The van der Waals surface area contributed by atoms with Gasteiger partial charge in [0.15, 0.2) is 0 Å². The minimum Gasteiger partial charge on any atom is -0.444 e. The van der Waals surface area contributed by atoms with Crippen molar-refractivity contribution in [2.75, 3.05) is 17.3 Å². The summed E-state index contributed by atoms with van der Waals surface area (Å²) in [6.45, 7) is 11.2. The average molecular weight is 578 g/mol. The molecule has 3 aromatic carbocycles. The molecular formula is C33H43N3O4S. The van der Waals surface area contributed by atoms with Crippen molar-refractivity contribution in [3.63, 3.8) is 0 Å². The van der Waals surface area contributed by atoms with Gasteiger partial charge in [0.05, 0.1) is 0 Å². The molecule has 0 aliphatic carbocycles. The number of carbonyl (C=O) groups is 3. The first-order chi connectivity index (χ1) is 19.4. The van der Waals surface area contributed by atoms with Crippen LogP contribution in [0.5, 0.6) is 0 Å². The van der Waals surface area contributed by atoms with Crippen LogP contribution >= 0.6 is 11.8 Å². The van der Waals surface area contributed by atoms with Crippen molar-refractivity contribution >= 4 is 46.1 Å². The molecule has 0 bridgehead atoms. The summed E-state index contributed by atoms with van der Waals surface area (Å²) < 4.78 is 5.49. The maximum atomic E-state index is 14.5.